The number of anilines is 1. The second kappa shape index (κ2) is 6.08. The lowest BCUT2D eigenvalue weighted by molar-refractivity contribution is -0.124. The van der Waals surface area contributed by atoms with E-state index in [4.69, 9.17) is 5.73 Å². The SMILES string of the molecule is NC(=O)c1c(NC(=O)CC23CC4CC(CC(C4)C2)C3)sc2c1CCCC2. The van der Waals surface area contributed by atoms with Crippen LogP contribution in [0.1, 0.15) is 78.6 Å². The first-order valence-electron chi connectivity index (χ1n) is 10.3. The molecule has 4 saturated carbocycles. The van der Waals surface area contributed by atoms with E-state index >= 15 is 0 Å². The quantitative estimate of drug-likeness (QED) is 0.828. The zero-order chi connectivity index (χ0) is 17.9. The average Bonchev–Trinajstić information content (AvgIpc) is 2.90. The summed E-state index contributed by atoms with van der Waals surface area (Å²) < 4.78 is 0. The molecular formula is C21H28N2O2S. The Morgan fingerprint density at radius 3 is 2.27 bits per heavy atom. The van der Waals surface area contributed by atoms with E-state index < -0.39 is 5.91 Å². The number of primary amides is 1. The van der Waals surface area contributed by atoms with Gasteiger partial charge in [0, 0.05) is 11.3 Å². The van der Waals surface area contributed by atoms with Crippen LogP contribution in [0.3, 0.4) is 0 Å². The minimum Gasteiger partial charge on any atom is -0.365 e. The molecule has 0 aromatic carbocycles. The molecule has 5 aliphatic rings. The third-order valence-electron chi connectivity index (χ3n) is 7.37. The van der Waals surface area contributed by atoms with E-state index in [1.54, 1.807) is 11.3 Å². The third kappa shape index (κ3) is 2.79. The van der Waals surface area contributed by atoms with Gasteiger partial charge in [-0.1, -0.05) is 0 Å². The van der Waals surface area contributed by atoms with E-state index in [1.165, 1.54) is 43.4 Å². The third-order valence-corrected chi connectivity index (χ3v) is 8.58. The summed E-state index contributed by atoms with van der Waals surface area (Å²) in [4.78, 5) is 26.2. The molecule has 1 heterocycles. The fourth-order valence-electron chi connectivity index (χ4n) is 6.93. The van der Waals surface area contributed by atoms with Gasteiger partial charge in [0.1, 0.15) is 5.00 Å². The summed E-state index contributed by atoms with van der Waals surface area (Å²) in [5, 5.41) is 3.81. The molecule has 3 N–H and O–H groups in total. The van der Waals surface area contributed by atoms with E-state index in [1.807, 2.05) is 0 Å². The molecule has 26 heavy (non-hydrogen) atoms. The van der Waals surface area contributed by atoms with Gasteiger partial charge in [-0.05, 0) is 92.9 Å². The zero-order valence-electron chi connectivity index (χ0n) is 15.3. The van der Waals surface area contributed by atoms with Gasteiger partial charge in [0.25, 0.3) is 5.91 Å². The summed E-state index contributed by atoms with van der Waals surface area (Å²) in [6.45, 7) is 0. The molecule has 1 aromatic rings. The fourth-order valence-corrected chi connectivity index (χ4v) is 8.24. The molecule has 140 valence electrons. The first-order chi connectivity index (χ1) is 12.5. The van der Waals surface area contributed by atoms with E-state index in [0.29, 0.717) is 17.0 Å². The number of hydrogen-bond donors (Lipinski definition) is 2. The molecule has 0 spiro atoms. The van der Waals surface area contributed by atoms with Crippen molar-refractivity contribution in [3.63, 3.8) is 0 Å². The molecule has 4 bridgehead atoms. The van der Waals surface area contributed by atoms with Crippen LogP contribution in [0, 0.1) is 23.2 Å². The number of nitrogens with two attached hydrogens (primary N) is 1. The standard InChI is InChI=1S/C21H28N2O2S/c22-19(25)18-15-3-1-2-4-16(15)26-20(18)23-17(24)11-21-8-12-5-13(9-21)7-14(6-12)10-21/h12-14H,1-11H2,(H2,22,25)(H,23,24). The molecule has 5 heteroatoms. The number of fused-ring (bicyclic) bond motifs is 1. The predicted octanol–water partition coefficient (Wildman–Crippen LogP) is 4.27. The first kappa shape index (κ1) is 16.8. The number of hydrogen-bond acceptors (Lipinski definition) is 3. The van der Waals surface area contributed by atoms with Crippen molar-refractivity contribution in [2.24, 2.45) is 28.9 Å². The lowest BCUT2D eigenvalue weighted by Crippen LogP contribution is -2.47. The summed E-state index contributed by atoms with van der Waals surface area (Å²) in [5.74, 6) is 2.25. The van der Waals surface area contributed by atoms with Crippen molar-refractivity contribution >= 4 is 28.2 Å². The largest absolute Gasteiger partial charge is 0.365 e. The normalized spacial score (nSPS) is 34.5. The van der Waals surface area contributed by atoms with Crippen molar-refractivity contribution in [3.8, 4) is 0 Å². The van der Waals surface area contributed by atoms with Crippen LogP contribution in [0.25, 0.3) is 0 Å². The van der Waals surface area contributed by atoms with E-state index in [2.05, 4.69) is 5.32 Å². The molecule has 5 aliphatic carbocycles. The maximum absolute atomic E-state index is 12.9. The number of thiophene rings is 1. The highest BCUT2D eigenvalue weighted by Crippen LogP contribution is 2.61. The minimum absolute atomic E-state index is 0.0908. The molecule has 2 amide bonds. The molecule has 1 aromatic heterocycles. The van der Waals surface area contributed by atoms with Gasteiger partial charge in [0.05, 0.1) is 5.56 Å². The highest BCUT2D eigenvalue weighted by molar-refractivity contribution is 7.17. The maximum Gasteiger partial charge on any atom is 0.251 e. The minimum atomic E-state index is -0.394. The second-order valence-corrected chi connectivity index (χ2v) is 10.5. The second-order valence-electron chi connectivity index (χ2n) is 9.42. The average molecular weight is 373 g/mol. The molecule has 6 rings (SSSR count). The number of nitrogens with one attached hydrogen (secondary N) is 1. The number of carbonyl (C=O) groups excluding carboxylic acids is 2. The molecule has 0 saturated heterocycles. The fraction of sp³-hybridized carbons (Fsp3) is 0.714. The van der Waals surface area contributed by atoms with Crippen LogP contribution >= 0.6 is 11.3 Å². The van der Waals surface area contributed by atoms with Gasteiger partial charge >= 0.3 is 0 Å². The Kier molecular flexibility index (Phi) is 3.93. The molecule has 0 atom stereocenters. The highest BCUT2D eigenvalue weighted by Gasteiger charge is 2.51. The van der Waals surface area contributed by atoms with Crippen molar-refractivity contribution in [1.29, 1.82) is 0 Å². The van der Waals surface area contributed by atoms with Gasteiger partial charge in [-0.3, -0.25) is 9.59 Å². The summed E-state index contributed by atoms with van der Waals surface area (Å²) in [7, 11) is 0. The zero-order valence-corrected chi connectivity index (χ0v) is 16.1. The molecule has 0 radical (unpaired) electrons. The van der Waals surface area contributed by atoms with E-state index in [-0.39, 0.29) is 11.3 Å². The van der Waals surface area contributed by atoms with Gasteiger partial charge in [-0.15, -0.1) is 11.3 Å². The Hall–Kier alpha value is -1.36. The monoisotopic (exact) mass is 372 g/mol. The van der Waals surface area contributed by atoms with Crippen molar-refractivity contribution < 1.29 is 9.59 Å². The van der Waals surface area contributed by atoms with Gasteiger partial charge in [0.2, 0.25) is 5.91 Å². The number of rotatable bonds is 4. The first-order valence-corrected chi connectivity index (χ1v) is 11.1. The van der Waals surface area contributed by atoms with Crippen LogP contribution in [0.4, 0.5) is 5.00 Å². The van der Waals surface area contributed by atoms with E-state index in [9.17, 15) is 9.59 Å². The van der Waals surface area contributed by atoms with E-state index in [0.717, 1.165) is 49.0 Å². The highest BCUT2D eigenvalue weighted by atomic mass is 32.1. The molecular weight excluding hydrogens is 344 g/mol. The topological polar surface area (TPSA) is 72.2 Å². The van der Waals surface area contributed by atoms with Gasteiger partial charge < -0.3 is 11.1 Å². The Bertz CT molecular complexity index is 731. The number of amides is 2. The van der Waals surface area contributed by atoms with Crippen molar-refractivity contribution in [2.45, 2.75) is 70.6 Å². The summed E-state index contributed by atoms with van der Waals surface area (Å²) >= 11 is 1.58. The maximum atomic E-state index is 12.9. The van der Waals surface area contributed by atoms with Gasteiger partial charge in [-0.2, -0.15) is 0 Å². The van der Waals surface area contributed by atoms with Crippen molar-refractivity contribution in [2.75, 3.05) is 5.32 Å². The predicted molar refractivity (Wildman–Crippen MR) is 103 cm³/mol. The lowest BCUT2D eigenvalue weighted by atomic mass is 9.49. The Labute approximate surface area is 158 Å². The molecule has 4 fully saturated rings. The van der Waals surface area contributed by atoms with Crippen LogP contribution in [-0.4, -0.2) is 11.8 Å². The van der Waals surface area contributed by atoms with Crippen LogP contribution in [0.15, 0.2) is 0 Å². The van der Waals surface area contributed by atoms with Crippen LogP contribution in [0.2, 0.25) is 0 Å². The summed E-state index contributed by atoms with van der Waals surface area (Å²) in [6.07, 6.45) is 12.7. The number of carbonyl (C=O) groups is 2. The molecule has 4 nitrogen and oxygen atoms in total. The van der Waals surface area contributed by atoms with Crippen molar-refractivity contribution in [1.82, 2.24) is 0 Å². The summed E-state index contributed by atoms with van der Waals surface area (Å²) in [5.41, 5.74) is 7.57. The Balaban J connectivity index is 1.35. The van der Waals surface area contributed by atoms with Crippen LogP contribution < -0.4 is 11.1 Å². The summed E-state index contributed by atoms with van der Waals surface area (Å²) in [6, 6.07) is 0. The van der Waals surface area contributed by atoms with Gasteiger partial charge in [0.15, 0.2) is 0 Å². The lowest BCUT2D eigenvalue weighted by Gasteiger charge is -2.56. The number of aryl methyl sites for hydroxylation is 1. The molecule has 0 aliphatic heterocycles. The van der Waals surface area contributed by atoms with Gasteiger partial charge in [-0.25, -0.2) is 0 Å². The van der Waals surface area contributed by atoms with Crippen LogP contribution in [0.5, 0.6) is 0 Å². The van der Waals surface area contributed by atoms with Crippen LogP contribution in [-0.2, 0) is 17.6 Å². The Morgan fingerprint density at radius 2 is 1.65 bits per heavy atom. The van der Waals surface area contributed by atoms with Crippen molar-refractivity contribution in [3.05, 3.63) is 16.0 Å². The Morgan fingerprint density at radius 1 is 1.04 bits per heavy atom. The molecule has 0 unspecified atom stereocenters. The smallest absolute Gasteiger partial charge is 0.251 e.